The maximum atomic E-state index is 12.2. The van der Waals surface area contributed by atoms with E-state index < -0.39 is 16.0 Å². The van der Waals surface area contributed by atoms with Gasteiger partial charge in [0.15, 0.2) is 0 Å². The number of rotatable bonds is 4. The Kier molecular flexibility index (Phi) is 4.03. The summed E-state index contributed by atoms with van der Waals surface area (Å²) in [7, 11) is -3.88. The molecule has 8 heteroatoms. The molecule has 0 aliphatic heterocycles. The van der Waals surface area contributed by atoms with E-state index >= 15 is 0 Å². The molecule has 0 aliphatic carbocycles. The molecule has 0 aliphatic rings. The molecule has 5 nitrogen and oxygen atoms in total. The zero-order chi connectivity index (χ0) is 14.9. The second-order valence-electron chi connectivity index (χ2n) is 3.99. The molecule has 0 spiro atoms. The molecule has 1 heterocycles. The molecule has 2 rings (SSSR count). The van der Waals surface area contributed by atoms with Gasteiger partial charge in [0.25, 0.3) is 10.0 Å². The van der Waals surface area contributed by atoms with E-state index in [0.717, 1.165) is 11.3 Å². The Morgan fingerprint density at radius 2 is 2.10 bits per heavy atom. The lowest BCUT2D eigenvalue weighted by atomic mass is 10.3. The molecular weight excluding hydrogens is 322 g/mol. The molecule has 0 amide bonds. The molecule has 1 aromatic heterocycles. The normalized spacial score (nSPS) is 11.3. The van der Waals surface area contributed by atoms with E-state index in [1.54, 1.807) is 18.4 Å². The first kappa shape index (κ1) is 14.8. The smallest absolute Gasteiger partial charge is 0.348 e. The summed E-state index contributed by atoms with van der Waals surface area (Å²) in [5.74, 6) is -1.17. The van der Waals surface area contributed by atoms with Crippen LogP contribution in [0.25, 0.3) is 0 Å². The van der Waals surface area contributed by atoms with Crippen LogP contribution in [0.1, 0.15) is 15.2 Å². The molecule has 106 valence electrons. The van der Waals surface area contributed by atoms with Crippen molar-refractivity contribution < 1.29 is 18.3 Å². The highest BCUT2D eigenvalue weighted by atomic mass is 35.5. The van der Waals surface area contributed by atoms with E-state index in [2.05, 4.69) is 4.72 Å². The SMILES string of the molecule is Cc1csc(C(=O)O)c1NS(=O)(=O)c1cccc(Cl)c1. The Bertz CT molecular complexity index is 768. The van der Waals surface area contributed by atoms with Gasteiger partial charge in [-0.15, -0.1) is 11.3 Å². The minimum absolute atomic E-state index is 0.0214. The molecule has 0 atom stereocenters. The molecule has 0 unspecified atom stereocenters. The van der Waals surface area contributed by atoms with E-state index in [1.807, 2.05) is 0 Å². The van der Waals surface area contributed by atoms with Crippen LogP contribution in [0, 0.1) is 6.92 Å². The fourth-order valence-electron chi connectivity index (χ4n) is 1.56. The monoisotopic (exact) mass is 331 g/mol. The number of halogens is 1. The van der Waals surface area contributed by atoms with E-state index in [1.165, 1.54) is 18.2 Å². The molecule has 0 fully saturated rings. The summed E-state index contributed by atoms with van der Waals surface area (Å²) in [6, 6.07) is 5.75. The number of benzene rings is 1. The van der Waals surface area contributed by atoms with Gasteiger partial charge in [-0.3, -0.25) is 4.72 Å². The van der Waals surface area contributed by atoms with Crippen LogP contribution >= 0.6 is 22.9 Å². The average Bonchev–Trinajstić information content (AvgIpc) is 2.71. The van der Waals surface area contributed by atoms with Crippen LogP contribution < -0.4 is 4.72 Å². The highest BCUT2D eigenvalue weighted by Gasteiger charge is 2.21. The van der Waals surface area contributed by atoms with Gasteiger partial charge in [-0.2, -0.15) is 0 Å². The molecule has 1 aromatic carbocycles. The lowest BCUT2D eigenvalue weighted by Crippen LogP contribution is -2.15. The molecule has 0 radical (unpaired) electrons. The average molecular weight is 332 g/mol. The maximum absolute atomic E-state index is 12.2. The van der Waals surface area contributed by atoms with Crippen LogP contribution in [0.5, 0.6) is 0 Å². The van der Waals surface area contributed by atoms with Crippen LogP contribution in [0.4, 0.5) is 5.69 Å². The van der Waals surface area contributed by atoms with Gasteiger partial charge in [-0.1, -0.05) is 17.7 Å². The van der Waals surface area contributed by atoms with Crippen molar-refractivity contribution in [2.45, 2.75) is 11.8 Å². The lowest BCUT2D eigenvalue weighted by Gasteiger charge is -2.09. The van der Waals surface area contributed by atoms with E-state index in [4.69, 9.17) is 16.7 Å². The summed E-state index contributed by atoms with van der Waals surface area (Å²) in [5, 5.41) is 10.9. The van der Waals surface area contributed by atoms with Gasteiger partial charge in [-0.25, -0.2) is 13.2 Å². The number of carboxylic acid groups (broad SMARTS) is 1. The first-order valence-electron chi connectivity index (χ1n) is 5.41. The predicted molar refractivity (Wildman–Crippen MR) is 78.3 cm³/mol. The number of aromatic carboxylic acids is 1. The lowest BCUT2D eigenvalue weighted by molar-refractivity contribution is 0.0703. The maximum Gasteiger partial charge on any atom is 0.348 e. The van der Waals surface area contributed by atoms with E-state index in [-0.39, 0.29) is 20.5 Å². The molecular formula is C12H10ClNO4S2. The molecule has 0 saturated heterocycles. The van der Waals surface area contributed by atoms with Gasteiger partial charge in [0, 0.05) is 5.02 Å². The van der Waals surface area contributed by atoms with Crippen LogP contribution in [0.2, 0.25) is 5.02 Å². The quantitative estimate of drug-likeness (QED) is 0.901. The Morgan fingerprint density at radius 1 is 1.40 bits per heavy atom. The minimum Gasteiger partial charge on any atom is -0.477 e. The van der Waals surface area contributed by atoms with Gasteiger partial charge in [0.2, 0.25) is 0 Å². The highest BCUT2D eigenvalue weighted by molar-refractivity contribution is 7.92. The van der Waals surface area contributed by atoms with Crippen molar-refractivity contribution in [3.05, 3.63) is 45.1 Å². The van der Waals surface area contributed by atoms with Crippen molar-refractivity contribution in [1.82, 2.24) is 0 Å². The van der Waals surface area contributed by atoms with Gasteiger partial charge in [0.05, 0.1) is 10.6 Å². The summed E-state index contributed by atoms with van der Waals surface area (Å²) < 4.78 is 26.7. The number of sulfonamides is 1. The van der Waals surface area contributed by atoms with Crippen molar-refractivity contribution in [3.63, 3.8) is 0 Å². The predicted octanol–water partition coefficient (Wildman–Crippen LogP) is 3.21. The number of nitrogens with one attached hydrogen (secondary N) is 1. The standard InChI is InChI=1S/C12H10ClNO4S2/c1-7-6-19-11(12(15)16)10(7)14-20(17,18)9-4-2-3-8(13)5-9/h2-6,14H,1H3,(H,15,16). The number of thiophene rings is 1. The fourth-order valence-corrected chi connectivity index (χ4v) is 3.91. The van der Waals surface area contributed by atoms with E-state index in [9.17, 15) is 13.2 Å². The topological polar surface area (TPSA) is 83.5 Å². The third-order valence-electron chi connectivity index (χ3n) is 2.51. The number of hydrogen-bond acceptors (Lipinski definition) is 4. The third-order valence-corrected chi connectivity index (χ3v) is 5.18. The summed E-state index contributed by atoms with van der Waals surface area (Å²) in [6.07, 6.45) is 0. The molecule has 2 aromatic rings. The van der Waals surface area contributed by atoms with Crippen molar-refractivity contribution >= 4 is 44.6 Å². The van der Waals surface area contributed by atoms with E-state index in [0.29, 0.717) is 5.56 Å². The largest absolute Gasteiger partial charge is 0.477 e. The third kappa shape index (κ3) is 2.95. The Hall–Kier alpha value is -1.57. The minimum atomic E-state index is -3.88. The number of carbonyl (C=O) groups is 1. The fraction of sp³-hybridized carbons (Fsp3) is 0.0833. The van der Waals surface area contributed by atoms with Crippen LogP contribution in [-0.2, 0) is 10.0 Å². The summed E-state index contributed by atoms with van der Waals surface area (Å²) in [6.45, 7) is 1.64. The zero-order valence-electron chi connectivity index (χ0n) is 10.3. The van der Waals surface area contributed by atoms with Crippen LogP contribution in [0.15, 0.2) is 34.5 Å². The van der Waals surface area contributed by atoms with Gasteiger partial charge in [0.1, 0.15) is 4.88 Å². The molecule has 0 saturated carbocycles. The number of aryl methyl sites for hydroxylation is 1. The summed E-state index contributed by atoms with van der Waals surface area (Å²) in [4.78, 5) is 11.0. The molecule has 0 bridgehead atoms. The first-order valence-corrected chi connectivity index (χ1v) is 8.15. The van der Waals surface area contributed by atoms with Crippen molar-refractivity contribution in [3.8, 4) is 0 Å². The molecule has 2 N–H and O–H groups in total. The molecule has 20 heavy (non-hydrogen) atoms. The second-order valence-corrected chi connectivity index (χ2v) is 6.99. The summed E-state index contributed by atoms with van der Waals surface area (Å²) in [5.41, 5.74) is 0.639. The Balaban J connectivity index is 2.44. The number of hydrogen-bond donors (Lipinski definition) is 2. The van der Waals surface area contributed by atoms with Crippen molar-refractivity contribution in [1.29, 1.82) is 0 Å². The van der Waals surface area contributed by atoms with Gasteiger partial charge in [-0.05, 0) is 36.1 Å². The highest BCUT2D eigenvalue weighted by Crippen LogP contribution is 2.30. The Labute approximate surface area is 124 Å². The van der Waals surface area contributed by atoms with Crippen molar-refractivity contribution in [2.24, 2.45) is 0 Å². The number of anilines is 1. The number of carboxylic acids is 1. The first-order chi connectivity index (χ1) is 9.31. The van der Waals surface area contributed by atoms with Gasteiger partial charge >= 0.3 is 5.97 Å². The van der Waals surface area contributed by atoms with Crippen molar-refractivity contribution in [2.75, 3.05) is 4.72 Å². The zero-order valence-corrected chi connectivity index (χ0v) is 12.6. The van der Waals surface area contributed by atoms with Crippen LogP contribution in [-0.4, -0.2) is 19.5 Å². The Morgan fingerprint density at radius 3 is 2.70 bits per heavy atom. The van der Waals surface area contributed by atoms with Gasteiger partial charge < -0.3 is 5.11 Å². The van der Waals surface area contributed by atoms with Crippen LogP contribution in [0.3, 0.4) is 0 Å². The summed E-state index contributed by atoms with van der Waals surface area (Å²) >= 11 is 6.73. The second kappa shape index (κ2) is 5.43.